The minimum atomic E-state index is -0.873. The average molecular weight is 266 g/mol. The first kappa shape index (κ1) is 13.5. The Balaban J connectivity index is 1.99. The molecule has 0 radical (unpaired) electrons. The maximum absolute atomic E-state index is 12.6. The number of aromatic nitrogens is 1. The van der Waals surface area contributed by atoms with Crippen LogP contribution in [0.15, 0.2) is 18.3 Å². The number of aliphatic carboxylic acids is 1. The van der Waals surface area contributed by atoms with E-state index in [1.807, 2.05) is 0 Å². The van der Waals surface area contributed by atoms with E-state index < -0.39 is 23.2 Å². The van der Waals surface area contributed by atoms with E-state index in [0.717, 1.165) is 25.1 Å². The second-order valence-electron chi connectivity index (χ2n) is 4.84. The standard InChI is InChI=1S/C13H15FN2O3/c14-10-4-3-9(7-15-10)11(17)16-8-13(12(18)19)5-1-2-6-13/h3-4,7H,1-2,5-6,8H2,(H,16,17)(H,18,19). The molecule has 0 aromatic carbocycles. The van der Waals surface area contributed by atoms with E-state index in [4.69, 9.17) is 0 Å². The van der Waals surface area contributed by atoms with Crippen LogP contribution in [0.1, 0.15) is 36.0 Å². The van der Waals surface area contributed by atoms with Gasteiger partial charge in [-0.1, -0.05) is 12.8 Å². The summed E-state index contributed by atoms with van der Waals surface area (Å²) in [5, 5.41) is 11.9. The molecular formula is C13H15FN2O3. The topological polar surface area (TPSA) is 79.3 Å². The van der Waals surface area contributed by atoms with E-state index in [-0.39, 0.29) is 12.1 Å². The van der Waals surface area contributed by atoms with Crippen LogP contribution < -0.4 is 5.32 Å². The quantitative estimate of drug-likeness (QED) is 0.811. The van der Waals surface area contributed by atoms with Gasteiger partial charge < -0.3 is 10.4 Å². The highest BCUT2D eigenvalue weighted by Gasteiger charge is 2.41. The molecule has 0 spiro atoms. The molecule has 1 saturated carbocycles. The molecular weight excluding hydrogens is 251 g/mol. The number of nitrogens with zero attached hydrogens (tertiary/aromatic N) is 1. The van der Waals surface area contributed by atoms with Gasteiger partial charge in [0.2, 0.25) is 5.95 Å². The molecule has 102 valence electrons. The maximum Gasteiger partial charge on any atom is 0.311 e. The molecule has 19 heavy (non-hydrogen) atoms. The summed E-state index contributed by atoms with van der Waals surface area (Å²) < 4.78 is 12.6. The molecule has 0 aliphatic heterocycles. The molecule has 1 amide bonds. The van der Waals surface area contributed by atoms with Gasteiger partial charge in [-0.05, 0) is 25.0 Å². The normalized spacial score (nSPS) is 17.1. The lowest BCUT2D eigenvalue weighted by atomic mass is 9.86. The van der Waals surface area contributed by atoms with Crippen molar-refractivity contribution in [3.63, 3.8) is 0 Å². The van der Waals surface area contributed by atoms with Gasteiger partial charge in [-0.15, -0.1) is 0 Å². The molecule has 0 bridgehead atoms. The first-order valence-electron chi connectivity index (χ1n) is 6.17. The molecule has 1 aromatic rings. The smallest absolute Gasteiger partial charge is 0.311 e. The van der Waals surface area contributed by atoms with Gasteiger partial charge in [-0.25, -0.2) is 4.98 Å². The summed E-state index contributed by atoms with van der Waals surface area (Å²) in [7, 11) is 0. The average Bonchev–Trinajstić information content (AvgIpc) is 2.87. The first-order valence-corrected chi connectivity index (χ1v) is 6.17. The van der Waals surface area contributed by atoms with Crippen molar-refractivity contribution in [2.24, 2.45) is 5.41 Å². The van der Waals surface area contributed by atoms with Crippen molar-refractivity contribution >= 4 is 11.9 Å². The monoisotopic (exact) mass is 266 g/mol. The summed E-state index contributed by atoms with van der Waals surface area (Å²) in [4.78, 5) is 26.5. The third-order valence-corrected chi connectivity index (χ3v) is 3.59. The fourth-order valence-corrected chi connectivity index (χ4v) is 2.38. The molecule has 1 heterocycles. The lowest BCUT2D eigenvalue weighted by Crippen LogP contribution is -2.41. The van der Waals surface area contributed by atoms with Crippen LogP contribution >= 0.6 is 0 Å². The summed E-state index contributed by atoms with van der Waals surface area (Å²) in [6.07, 6.45) is 4.00. The lowest BCUT2D eigenvalue weighted by molar-refractivity contribution is -0.148. The molecule has 6 heteroatoms. The third kappa shape index (κ3) is 2.89. The number of halogens is 1. The molecule has 0 saturated heterocycles. The van der Waals surface area contributed by atoms with Crippen LogP contribution in [-0.2, 0) is 4.79 Å². The molecule has 1 aliphatic carbocycles. The van der Waals surface area contributed by atoms with Gasteiger partial charge in [-0.3, -0.25) is 9.59 Å². The summed E-state index contributed by atoms with van der Waals surface area (Å²) in [5.74, 6) is -1.96. The number of carbonyl (C=O) groups is 2. The Hall–Kier alpha value is -1.98. The van der Waals surface area contributed by atoms with Crippen molar-refractivity contribution in [1.82, 2.24) is 10.3 Å². The van der Waals surface area contributed by atoms with Gasteiger partial charge in [0.15, 0.2) is 0 Å². The van der Waals surface area contributed by atoms with Crippen LogP contribution in [-0.4, -0.2) is 28.5 Å². The molecule has 1 aromatic heterocycles. The molecule has 2 rings (SSSR count). The number of hydrogen-bond acceptors (Lipinski definition) is 3. The van der Waals surface area contributed by atoms with E-state index in [1.54, 1.807) is 0 Å². The molecule has 0 unspecified atom stereocenters. The number of hydrogen-bond donors (Lipinski definition) is 2. The SMILES string of the molecule is O=C(NCC1(C(=O)O)CCCC1)c1ccc(F)nc1. The molecule has 1 fully saturated rings. The number of carboxylic acid groups (broad SMARTS) is 1. The van der Waals surface area contributed by atoms with Crippen molar-refractivity contribution in [3.05, 3.63) is 29.8 Å². The predicted octanol–water partition coefficient (Wildman–Crippen LogP) is 1.60. The van der Waals surface area contributed by atoms with Gasteiger partial charge in [0.1, 0.15) is 0 Å². The summed E-state index contributed by atoms with van der Waals surface area (Å²) in [6, 6.07) is 2.41. The number of pyridine rings is 1. The van der Waals surface area contributed by atoms with Crippen molar-refractivity contribution in [1.29, 1.82) is 0 Å². The van der Waals surface area contributed by atoms with Crippen LogP contribution in [0.4, 0.5) is 4.39 Å². The van der Waals surface area contributed by atoms with E-state index in [2.05, 4.69) is 10.3 Å². The second kappa shape index (κ2) is 5.34. The highest BCUT2D eigenvalue weighted by molar-refractivity contribution is 5.94. The lowest BCUT2D eigenvalue weighted by Gasteiger charge is -2.23. The molecule has 2 N–H and O–H groups in total. The Bertz CT molecular complexity index is 481. The van der Waals surface area contributed by atoms with Gasteiger partial charge in [-0.2, -0.15) is 4.39 Å². The highest BCUT2D eigenvalue weighted by atomic mass is 19.1. The summed E-state index contributed by atoms with van der Waals surface area (Å²) in [5.41, 5.74) is -0.636. The summed E-state index contributed by atoms with van der Waals surface area (Å²) >= 11 is 0. The van der Waals surface area contributed by atoms with Crippen LogP contribution in [0.5, 0.6) is 0 Å². The van der Waals surface area contributed by atoms with Gasteiger partial charge in [0, 0.05) is 12.7 Å². The first-order chi connectivity index (χ1) is 9.03. The third-order valence-electron chi connectivity index (χ3n) is 3.59. The number of rotatable bonds is 4. The van der Waals surface area contributed by atoms with Gasteiger partial charge in [0.05, 0.1) is 11.0 Å². The zero-order valence-corrected chi connectivity index (χ0v) is 10.4. The highest BCUT2D eigenvalue weighted by Crippen LogP contribution is 2.37. The fraction of sp³-hybridized carbons (Fsp3) is 0.462. The van der Waals surface area contributed by atoms with E-state index in [9.17, 15) is 19.1 Å². The van der Waals surface area contributed by atoms with Crippen molar-refractivity contribution in [2.75, 3.05) is 6.54 Å². The Morgan fingerprint density at radius 3 is 2.58 bits per heavy atom. The summed E-state index contributed by atoms with van der Waals surface area (Å²) in [6.45, 7) is 0.0958. The second-order valence-corrected chi connectivity index (χ2v) is 4.84. The van der Waals surface area contributed by atoms with Gasteiger partial charge in [0.25, 0.3) is 5.91 Å². The van der Waals surface area contributed by atoms with Crippen molar-refractivity contribution in [2.45, 2.75) is 25.7 Å². The maximum atomic E-state index is 12.6. The predicted molar refractivity (Wildman–Crippen MR) is 65.1 cm³/mol. The molecule has 1 aliphatic rings. The molecule has 5 nitrogen and oxygen atoms in total. The van der Waals surface area contributed by atoms with Crippen LogP contribution in [0.2, 0.25) is 0 Å². The Morgan fingerprint density at radius 1 is 1.37 bits per heavy atom. The van der Waals surface area contributed by atoms with E-state index in [0.29, 0.717) is 12.8 Å². The van der Waals surface area contributed by atoms with Gasteiger partial charge >= 0.3 is 5.97 Å². The van der Waals surface area contributed by atoms with E-state index in [1.165, 1.54) is 6.07 Å². The zero-order chi connectivity index (χ0) is 13.9. The fourth-order valence-electron chi connectivity index (χ4n) is 2.38. The Kier molecular flexibility index (Phi) is 3.78. The largest absolute Gasteiger partial charge is 0.481 e. The zero-order valence-electron chi connectivity index (χ0n) is 10.4. The van der Waals surface area contributed by atoms with Crippen LogP contribution in [0.3, 0.4) is 0 Å². The Labute approximate surface area is 109 Å². The number of carbonyl (C=O) groups excluding carboxylic acids is 1. The van der Waals surface area contributed by atoms with Crippen LogP contribution in [0, 0.1) is 11.4 Å². The number of carboxylic acids is 1. The Morgan fingerprint density at radius 2 is 2.05 bits per heavy atom. The van der Waals surface area contributed by atoms with Crippen LogP contribution in [0.25, 0.3) is 0 Å². The van der Waals surface area contributed by atoms with Crippen molar-refractivity contribution in [3.8, 4) is 0 Å². The molecule has 0 atom stereocenters. The van der Waals surface area contributed by atoms with E-state index >= 15 is 0 Å². The number of nitrogens with one attached hydrogen (secondary N) is 1. The van der Waals surface area contributed by atoms with Crippen molar-refractivity contribution < 1.29 is 19.1 Å². The number of amides is 1. The minimum absolute atomic E-state index is 0.0958. The minimum Gasteiger partial charge on any atom is -0.481 e.